The van der Waals surface area contributed by atoms with Crippen LogP contribution in [-0.2, 0) is 0 Å². The van der Waals surface area contributed by atoms with Crippen molar-refractivity contribution < 1.29 is 9.53 Å². The summed E-state index contributed by atoms with van der Waals surface area (Å²) in [5, 5.41) is 9.49. The number of rotatable bonds is 8. The molecule has 0 aliphatic carbocycles. The fourth-order valence-corrected chi connectivity index (χ4v) is 2.20. The van der Waals surface area contributed by atoms with Crippen molar-refractivity contribution in [3.8, 4) is 5.75 Å². The quantitative estimate of drug-likeness (QED) is 0.785. The second-order valence-corrected chi connectivity index (χ2v) is 5.29. The molecule has 6 nitrogen and oxygen atoms in total. The second-order valence-electron chi connectivity index (χ2n) is 5.29. The summed E-state index contributed by atoms with van der Waals surface area (Å²) in [5.41, 5.74) is 1.95. The molecule has 2 rings (SSSR count). The molecule has 1 heterocycles. The van der Waals surface area contributed by atoms with E-state index in [9.17, 15) is 4.79 Å². The van der Waals surface area contributed by atoms with Gasteiger partial charge in [-0.25, -0.2) is 0 Å². The van der Waals surface area contributed by atoms with Gasteiger partial charge in [0.15, 0.2) is 5.69 Å². The van der Waals surface area contributed by atoms with Gasteiger partial charge in [0, 0.05) is 17.9 Å². The predicted octanol–water partition coefficient (Wildman–Crippen LogP) is 2.69. The average Bonchev–Trinajstić information content (AvgIpc) is 3.00. The molecule has 1 aromatic carbocycles. The van der Waals surface area contributed by atoms with Crippen LogP contribution in [0.4, 0.5) is 5.69 Å². The summed E-state index contributed by atoms with van der Waals surface area (Å²) in [6.07, 6.45) is 0. The Morgan fingerprint density at radius 3 is 2.52 bits per heavy atom. The Morgan fingerprint density at radius 2 is 1.96 bits per heavy atom. The molecule has 23 heavy (non-hydrogen) atoms. The third kappa shape index (κ3) is 5.10. The number of anilines is 1. The lowest BCUT2D eigenvalue weighted by Crippen LogP contribution is -2.27. The molecule has 0 aliphatic rings. The highest BCUT2D eigenvalue weighted by molar-refractivity contribution is 6.02. The van der Waals surface area contributed by atoms with Gasteiger partial charge in [-0.2, -0.15) is 5.10 Å². The van der Waals surface area contributed by atoms with E-state index < -0.39 is 0 Å². The number of aromatic amines is 1. The summed E-state index contributed by atoms with van der Waals surface area (Å²) in [4.78, 5) is 14.3. The summed E-state index contributed by atoms with van der Waals surface area (Å²) >= 11 is 0. The van der Waals surface area contributed by atoms with Crippen LogP contribution in [0.3, 0.4) is 0 Å². The number of hydrogen-bond donors (Lipinski definition) is 2. The first-order valence-corrected chi connectivity index (χ1v) is 7.91. The molecule has 0 radical (unpaired) electrons. The van der Waals surface area contributed by atoms with Crippen molar-refractivity contribution in [1.29, 1.82) is 0 Å². The number of aryl methyl sites for hydroxylation is 1. The number of amides is 1. The number of aromatic nitrogens is 2. The number of ether oxygens (including phenoxy) is 1. The maximum atomic E-state index is 12.0. The maximum Gasteiger partial charge on any atom is 0.276 e. The number of benzene rings is 1. The van der Waals surface area contributed by atoms with Gasteiger partial charge in [0.05, 0.1) is 0 Å². The molecule has 6 heteroatoms. The molecule has 0 atom stereocenters. The second kappa shape index (κ2) is 8.33. The number of carbonyl (C=O) groups is 1. The Labute approximate surface area is 136 Å². The molecule has 0 spiro atoms. The lowest BCUT2D eigenvalue weighted by atomic mass is 10.3. The van der Waals surface area contributed by atoms with Gasteiger partial charge in [-0.3, -0.25) is 9.89 Å². The van der Waals surface area contributed by atoms with Crippen LogP contribution in [0.1, 0.15) is 30.0 Å². The first kappa shape index (κ1) is 17.0. The Bertz CT molecular complexity index is 618. The third-order valence-electron chi connectivity index (χ3n) is 3.62. The molecule has 0 fully saturated rings. The van der Waals surface area contributed by atoms with Crippen LogP contribution in [-0.4, -0.2) is 47.2 Å². The van der Waals surface area contributed by atoms with Gasteiger partial charge >= 0.3 is 0 Å². The summed E-state index contributed by atoms with van der Waals surface area (Å²) in [5.74, 6) is 0.565. The van der Waals surface area contributed by atoms with E-state index >= 15 is 0 Å². The molecule has 1 aromatic heterocycles. The van der Waals surface area contributed by atoms with E-state index in [2.05, 4.69) is 34.3 Å². The summed E-state index contributed by atoms with van der Waals surface area (Å²) in [6.45, 7) is 9.75. The molecule has 0 unspecified atom stereocenters. The zero-order valence-electron chi connectivity index (χ0n) is 13.9. The lowest BCUT2D eigenvalue weighted by molar-refractivity contribution is 0.102. The molecule has 0 aliphatic heterocycles. The van der Waals surface area contributed by atoms with E-state index in [0.29, 0.717) is 18.0 Å². The first-order valence-electron chi connectivity index (χ1n) is 7.91. The smallest absolute Gasteiger partial charge is 0.276 e. The van der Waals surface area contributed by atoms with Gasteiger partial charge < -0.3 is 15.0 Å². The standard InChI is InChI=1S/C17H24N4O2/c1-4-21(5-2)10-11-23-15-8-6-14(7-9-15)18-17(22)16-12-13(3)19-20-16/h6-9,12H,4-5,10-11H2,1-3H3,(H,18,22)(H,19,20). The molecular weight excluding hydrogens is 292 g/mol. The van der Waals surface area contributed by atoms with Gasteiger partial charge in [0.2, 0.25) is 0 Å². The highest BCUT2D eigenvalue weighted by Crippen LogP contribution is 2.16. The minimum Gasteiger partial charge on any atom is -0.492 e. The van der Waals surface area contributed by atoms with Crippen LogP contribution < -0.4 is 10.1 Å². The Hall–Kier alpha value is -2.34. The molecule has 124 valence electrons. The Kier molecular flexibility index (Phi) is 6.17. The van der Waals surface area contributed by atoms with Gasteiger partial charge in [0.25, 0.3) is 5.91 Å². The van der Waals surface area contributed by atoms with E-state index in [1.165, 1.54) is 0 Å². The lowest BCUT2D eigenvalue weighted by Gasteiger charge is -2.18. The zero-order valence-corrected chi connectivity index (χ0v) is 13.9. The molecule has 0 bridgehead atoms. The van der Waals surface area contributed by atoms with Crippen LogP contribution in [0.15, 0.2) is 30.3 Å². The zero-order chi connectivity index (χ0) is 16.7. The highest BCUT2D eigenvalue weighted by atomic mass is 16.5. The van der Waals surface area contributed by atoms with Crippen LogP contribution in [0, 0.1) is 6.92 Å². The maximum absolute atomic E-state index is 12.0. The largest absolute Gasteiger partial charge is 0.492 e. The van der Waals surface area contributed by atoms with Crippen molar-refractivity contribution in [2.24, 2.45) is 0 Å². The molecule has 2 N–H and O–H groups in total. The molecule has 2 aromatic rings. The SMILES string of the molecule is CCN(CC)CCOc1ccc(NC(=O)c2cc(C)[nH]n2)cc1. The van der Waals surface area contributed by atoms with Crippen molar-refractivity contribution in [2.45, 2.75) is 20.8 Å². The van der Waals surface area contributed by atoms with Crippen molar-refractivity contribution in [3.05, 3.63) is 41.7 Å². The average molecular weight is 316 g/mol. The summed E-state index contributed by atoms with van der Waals surface area (Å²) < 4.78 is 5.72. The summed E-state index contributed by atoms with van der Waals surface area (Å²) in [7, 11) is 0. The third-order valence-corrected chi connectivity index (χ3v) is 3.62. The van der Waals surface area contributed by atoms with Crippen molar-refractivity contribution in [3.63, 3.8) is 0 Å². The van der Waals surface area contributed by atoms with E-state index in [-0.39, 0.29) is 5.91 Å². The predicted molar refractivity (Wildman–Crippen MR) is 91.0 cm³/mol. The van der Waals surface area contributed by atoms with E-state index in [4.69, 9.17) is 4.74 Å². The van der Waals surface area contributed by atoms with Crippen LogP contribution in [0.25, 0.3) is 0 Å². The van der Waals surface area contributed by atoms with Gasteiger partial charge in [-0.15, -0.1) is 0 Å². The molecule has 0 saturated heterocycles. The van der Waals surface area contributed by atoms with E-state index in [1.54, 1.807) is 6.07 Å². The fraction of sp³-hybridized carbons (Fsp3) is 0.412. The molecular formula is C17H24N4O2. The number of nitrogens with zero attached hydrogens (tertiary/aromatic N) is 2. The first-order chi connectivity index (χ1) is 11.1. The number of carbonyl (C=O) groups excluding carboxylic acids is 1. The van der Waals surface area contributed by atoms with E-state index in [0.717, 1.165) is 31.1 Å². The normalized spacial score (nSPS) is 10.8. The van der Waals surface area contributed by atoms with Gasteiger partial charge in [0.1, 0.15) is 12.4 Å². The van der Waals surface area contributed by atoms with Crippen LogP contribution >= 0.6 is 0 Å². The topological polar surface area (TPSA) is 70.2 Å². The van der Waals surface area contributed by atoms with E-state index in [1.807, 2.05) is 31.2 Å². The molecule has 1 amide bonds. The summed E-state index contributed by atoms with van der Waals surface area (Å²) in [6, 6.07) is 9.07. The fourth-order valence-electron chi connectivity index (χ4n) is 2.20. The minimum atomic E-state index is -0.232. The number of hydrogen-bond acceptors (Lipinski definition) is 4. The van der Waals surface area contributed by atoms with Gasteiger partial charge in [-0.1, -0.05) is 13.8 Å². The molecule has 0 saturated carbocycles. The highest BCUT2D eigenvalue weighted by Gasteiger charge is 2.09. The number of H-pyrrole nitrogens is 1. The van der Waals surface area contributed by atoms with Crippen molar-refractivity contribution in [1.82, 2.24) is 15.1 Å². The Balaban J connectivity index is 1.83. The van der Waals surface area contributed by atoms with Crippen molar-refractivity contribution >= 4 is 11.6 Å². The number of nitrogens with one attached hydrogen (secondary N) is 2. The van der Waals surface area contributed by atoms with Gasteiger partial charge in [-0.05, 0) is 50.3 Å². The van der Waals surface area contributed by atoms with Crippen LogP contribution in [0.2, 0.25) is 0 Å². The number of likely N-dealkylation sites (N-methyl/N-ethyl adjacent to an activating group) is 1. The minimum absolute atomic E-state index is 0.232. The van der Waals surface area contributed by atoms with Crippen LogP contribution in [0.5, 0.6) is 5.75 Å². The Morgan fingerprint density at radius 1 is 1.26 bits per heavy atom. The van der Waals surface area contributed by atoms with Crippen molar-refractivity contribution in [2.75, 3.05) is 31.6 Å². The monoisotopic (exact) mass is 316 g/mol.